The Morgan fingerprint density at radius 1 is 1.33 bits per heavy atom. The minimum atomic E-state index is -0.978. The SMILES string of the molecule is CC(O)C(NC(=O)C1CC1)C(=O)N1CCCC1c1cccc(F)c1. The molecule has 2 N–H and O–H groups in total. The van der Waals surface area contributed by atoms with E-state index in [0.29, 0.717) is 6.54 Å². The molecule has 2 fully saturated rings. The third kappa shape index (κ3) is 3.59. The van der Waals surface area contributed by atoms with Crippen molar-refractivity contribution < 1.29 is 19.1 Å². The number of halogens is 1. The minimum absolute atomic E-state index is 0.0309. The molecule has 0 radical (unpaired) electrons. The first-order valence-electron chi connectivity index (χ1n) is 8.51. The van der Waals surface area contributed by atoms with Gasteiger partial charge < -0.3 is 15.3 Å². The van der Waals surface area contributed by atoms with E-state index in [0.717, 1.165) is 31.2 Å². The van der Waals surface area contributed by atoms with Crippen LogP contribution in [0.2, 0.25) is 0 Å². The molecule has 1 saturated carbocycles. The summed E-state index contributed by atoms with van der Waals surface area (Å²) < 4.78 is 13.5. The van der Waals surface area contributed by atoms with Crippen molar-refractivity contribution in [2.75, 3.05) is 6.54 Å². The van der Waals surface area contributed by atoms with Crippen molar-refractivity contribution in [2.45, 2.75) is 50.8 Å². The van der Waals surface area contributed by atoms with Gasteiger partial charge in [0.25, 0.3) is 0 Å². The van der Waals surface area contributed by atoms with Gasteiger partial charge in [-0.3, -0.25) is 9.59 Å². The summed E-state index contributed by atoms with van der Waals surface area (Å²) in [4.78, 5) is 26.5. The van der Waals surface area contributed by atoms with Gasteiger partial charge in [-0.2, -0.15) is 0 Å². The lowest BCUT2D eigenvalue weighted by Gasteiger charge is -2.31. The standard InChI is InChI=1S/C18H23FN2O3/c1-11(22)16(20-17(23)12-7-8-12)18(24)21-9-3-6-15(21)13-4-2-5-14(19)10-13/h2,4-5,10-12,15-16,22H,3,6-9H2,1H3,(H,20,23). The number of aliphatic hydroxyl groups is 1. The molecule has 1 aliphatic carbocycles. The van der Waals surface area contributed by atoms with Crippen LogP contribution in [0, 0.1) is 11.7 Å². The number of nitrogens with one attached hydrogen (secondary N) is 1. The van der Waals surface area contributed by atoms with Gasteiger partial charge in [-0.1, -0.05) is 12.1 Å². The number of carbonyl (C=O) groups excluding carboxylic acids is 2. The van der Waals surface area contributed by atoms with Gasteiger partial charge in [0.05, 0.1) is 12.1 Å². The summed E-state index contributed by atoms with van der Waals surface area (Å²) >= 11 is 0. The summed E-state index contributed by atoms with van der Waals surface area (Å²) in [5.74, 6) is -0.834. The van der Waals surface area contributed by atoms with E-state index in [-0.39, 0.29) is 29.6 Å². The van der Waals surface area contributed by atoms with Crippen LogP contribution in [0.4, 0.5) is 4.39 Å². The summed E-state index contributed by atoms with van der Waals surface area (Å²) in [5, 5.41) is 12.7. The molecule has 0 bridgehead atoms. The van der Waals surface area contributed by atoms with Gasteiger partial charge in [0.1, 0.15) is 11.9 Å². The number of nitrogens with zero attached hydrogens (tertiary/aromatic N) is 1. The van der Waals surface area contributed by atoms with Crippen LogP contribution >= 0.6 is 0 Å². The van der Waals surface area contributed by atoms with Crippen molar-refractivity contribution in [3.8, 4) is 0 Å². The van der Waals surface area contributed by atoms with E-state index in [1.165, 1.54) is 19.1 Å². The summed E-state index contributed by atoms with van der Waals surface area (Å²) in [6.45, 7) is 2.05. The molecule has 6 heteroatoms. The first kappa shape index (κ1) is 16.9. The highest BCUT2D eigenvalue weighted by molar-refractivity contribution is 5.90. The van der Waals surface area contributed by atoms with Crippen LogP contribution in [0.3, 0.4) is 0 Å². The molecule has 1 aliphatic heterocycles. The van der Waals surface area contributed by atoms with Gasteiger partial charge in [-0.05, 0) is 50.3 Å². The number of amides is 2. The zero-order chi connectivity index (χ0) is 17.3. The lowest BCUT2D eigenvalue weighted by molar-refractivity contribution is -0.140. The maximum atomic E-state index is 13.5. The zero-order valence-electron chi connectivity index (χ0n) is 13.7. The average molecular weight is 334 g/mol. The number of likely N-dealkylation sites (tertiary alicyclic amines) is 1. The number of rotatable bonds is 5. The van der Waals surface area contributed by atoms with E-state index >= 15 is 0 Å². The van der Waals surface area contributed by atoms with Crippen LogP contribution in [0.5, 0.6) is 0 Å². The summed E-state index contributed by atoms with van der Waals surface area (Å²) in [5.41, 5.74) is 0.749. The first-order chi connectivity index (χ1) is 11.5. The molecule has 1 aromatic rings. The quantitative estimate of drug-likeness (QED) is 0.862. The fourth-order valence-electron chi connectivity index (χ4n) is 3.27. The Morgan fingerprint density at radius 2 is 2.08 bits per heavy atom. The third-order valence-electron chi connectivity index (χ3n) is 4.76. The predicted molar refractivity (Wildman–Crippen MR) is 86.4 cm³/mol. The van der Waals surface area contributed by atoms with Crippen molar-refractivity contribution in [1.29, 1.82) is 0 Å². The van der Waals surface area contributed by atoms with Crippen LogP contribution in [0.25, 0.3) is 0 Å². The van der Waals surface area contributed by atoms with E-state index in [4.69, 9.17) is 0 Å². The fourth-order valence-corrected chi connectivity index (χ4v) is 3.27. The second-order valence-corrected chi connectivity index (χ2v) is 6.75. The van der Waals surface area contributed by atoms with Gasteiger partial charge in [-0.25, -0.2) is 4.39 Å². The predicted octanol–water partition coefficient (Wildman–Crippen LogP) is 1.76. The lowest BCUT2D eigenvalue weighted by atomic mass is 10.0. The molecule has 0 spiro atoms. The molecule has 1 heterocycles. The Kier molecular flexibility index (Phi) is 4.85. The van der Waals surface area contributed by atoms with Gasteiger partial charge in [0.15, 0.2) is 0 Å². The molecule has 130 valence electrons. The van der Waals surface area contributed by atoms with Crippen LogP contribution < -0.4 is 5.32 Å². The highest BCUT2D eigenvalue weighted by atomic mass is 19.1. The Morgan fingerprint density at radius 3 is 2.71 bits per heavy atom. The average Bonchev–Trinajstić information content (AvgIpc) is 3.28. The van der Waals surface area contributed by atoms with Crippen LogP contribution in [-0.4, -0.2) is 40.5 Å². The first-order valence-corrected chi connectivity index (χ1v) is 8.51. The van der Waals surface area contributed by atoms with Crippen molar-refractivity contribution in [3.05, 3.63) is 35.6 Å². The van der Waals surface area contributed by atoms with E-state index in [1.807, 2.05) is 0 Å². The van der Waals surface area contributed by atoms with Gasteiger partial charge in [-0.15, -0.1) is 0 Å². The van der Waals surface area contributed by atoms with Gasteiger partial charge in [0, 0.05) is 12.5 Å². The van der Waals surface area contributed by atoms with Gasteiger partial charge in [0.2, 0.25) is 11.8 Å². The molecule has 24 heavy (non-hydrogen) atoms. The Balaban J connectivity index is 1.76. The molecular weight excluding hydrogens is 311 g/mol. The van der Waals surface area contributed by atoms with Crippen LogP contribution in [0.15, 0.2) is 24.3 Å². The minimum Gasteiger partial charge on any atom is -0.391 e. The smallest absolute Gasteiger partial charge is 0.248 e. The van der Waals surface area contributed by atoms with Crippen molar-refractivity contribution in [3.63, 3.8) is 0 Å². The van der Waals surface area contributed by atoms with E-state index in [9.17, 15) is 19.1 Å². The third-order valence-corrected chi connectivity index (χ3v) is 4.76. The molecule has 1 aromatic carbocycles. The van der Waals surface area contributed by atoms with Crippen molar-refractivity contribution in [2.24, 2.45) is 5.92 Å². The highest BCUT2D eigenvalue weighted by Crippen LogP contribution is 2.33. The number of hydrogen-bond donors (Lipinski definition) is 2. The van der Waals surface area contributed by atoms with E-state index in [2.05, 4.69) is 5.32 Å². The molecule has 0 aromatic heterocycles. The molecule has 3 unspecified atom stereocenters. The second-order valence-electron chi connectivity index (χ2n) is 6.75. The fraction of sp³-hybridized carbons (Fsp3) is 0.556. The second kappa shape index (κ2) is 6.89. The van der Waals surface area contributed by atoms with Crippen molar-refractivity contribution in [1.82, 2.24) is 10.2 Å². The van der Waals surface area contributed by atoms with Crippen LogP contribution in [0.1, 0.15) is 44.2 Å². The molecule has 3 atom stereocenters. The van der Waals surface area contributed by atoms with E-state index in [1.54, 1.807) is 17.0 Å². The molecule has 2 aliphatic rings. The molecule has 1 saturated heterocycles. The zero-order valence-corrected chi connectivity index (χ0v) is 13.7. The van der Waals surface area contributed by atoms with Crippen LogP contribution in [-0.2, 0) is 9.59 Å². The van der Waals surface area contributed by atoms with Gasteiger partial charge >= 0.3 is 0 Å². The Hall–Kier alpha value is -1.95. The van der Waals surface area contributed by atoms with Crippen molar-refractivity contribution >= 4 is 11.8 Å². The molecule has 2 amide bonds. The largest absolute Gasteiger partial charge is 0.391 e. The highest BCUT2D eigenvalue weighted by Gasteiger charge is 2.39. The molecule has 3 rings (SSSR count). The molecular formula is C18H23FN2O3. The number of carbonyl (C=O) groups is 2. The Labute approximate surface area is 140 Å². The Bertz CT molecular complexity index is 630. The maximum absolute atomic E-state index is 13.5. The molecule has 5 nitrogen and oxygen atoms in total. The summed E-state index contributed by atoms with van der Waals surface area (Å²) in [6.07, 6.45) is 2.26. The lowest BCUT2D eigenvalue weighted by Crippen LogP contribution is -2.53. The van der Waals surface area contributed by atoms with E-state index < -0.39 is 12.1 Å². The summed E-state index contributed by atoms with van der Waals surface area (Å²) in [6, 6.07) is 5.08. The number of aliphatic hydroxyl groups excluding tert-OH is 1. The summed E-state index contributed by atoms with van der Waals surface area (Å²) in [7, 11) is 0. The number of benzene rings is 1. The monoisotopic (exact) mass is 334 g/mol. The maximum Gasteiger partial charge on any atom is 0.248 e. The topological polar surface area (TPSA) is 69.6 Å². The number of hydrogen-bond acceptors (Lipinski definition) is 3. The normalized spacial score (nSPS) is 23.0.